The van der Waals surface area contributed by atoms with E-state index in [1.54, 1.807) is 23.0 Å². The summed E-state index contributed by atoms with van der Waals surface area (Å²) in [5.74, 6) is -1.72. The lowest BCUT2D eigenvalue weighted by atomic mass is 10.2. The molecule has 3 aromatic rings. The number of nitrogens with zero attached hydrogens (tertiary/aromatic N) is 4. The molecule has 3 rings (SSSR count). The van der Waals surface area contributed by atoms with E-state index < -0.39 is 11.9 Å². The molecule has 2 aromatic heterocycles. The highest BCUT2D eigenvalue weighted by Crippen LogP contribution is 2.15. The Hall–Kier alpha value is -2.94. The van der Waals surface area contributed by atoms with Gasteiger partial charge in [0.1, 0.15) is 11.3 Å². The number of aryl methyl sites for hydroxylation is 1. The predicted octanol–water partition coefficient (Wildman–Crippen LogP) is 2.38. The van der Waals surface area contributed by atoms with Gasteiger partial charge >= 0.3 is 5.97 Å². The summed E-state index contributed by atoms with van der Waals surface area (Å²) in [5, 5.41) is 19.8. The minimum absolute atomic E-state index is 0.00188. The SMILES string of the molecule is Cn1ncc(C(=O)O)c1C(=O)Nc1ccc(Cn2cc(Br)cn2)cc1. The molecule has 128 valence electrons. The first-order valence-electron chi connectivity index (χ1n) is 7.27. The first-order valence-corrected chi connectivity index (χ1v) is 8.07. The van der Waals surface area contributed by atoms with E-state index in [2.05, 4.69) is 31.4 Å². The second kappa shape index (κ2) is 6.89. The Balaban J connectivity index is 1.72. The van der Waals surface area contributed by atoms with Gasteiger partial charge in [0.15, 0.2) is 0 Å². The van der Waals surface area contributed by atoms with Crippen molar-refractivity contribution in [3.63, 3.8) is 0 Å². The molecule has 0 fully saturated rings. The molecule has 0 aliphatic carbocycles. The number of hydrogen-bond acceptors (Lipinski definition) is 4. The van der Waals surface area contributed by atoms with E-state index in [4.69, 9.17) is 5.11 Å². The summed E-state index contributed by atoms with van der Waals surface area (Å²) in [6, 6.07) is 7.24. The highest BCUT2D eigenvalue weighted by atomic mass is 79.9. The maximum absolute atomic E-state index is 12.3. The maximum atomic E-state index is 12.3. The van der Waals surface area contributed by atoms with E-state index >= 15 is 0 Å². The number of aromatic nitrogens is 4. The number of carbonyl (C=O) groups excluding carboxylic acids is 1. The lowest BCUT2D eigenvalue weighted by Gasteiger charge is -2.08. The van der Waals surface area contributed by atoms with Crippen molar-refractivity contribution >= 4 is 33.5 Å². The van der Waals surface area contributed by atoms with Crippen molar-refractivity contribution in [2.45, 2.75) is 6.54 Å². The van der Waals surface area contributed by atoms with Gasteiger partial charge in [-0.05, 0) is 33.6 Å². The molecule has 0 saturated heterocycles. The summed E-state index contributed by atoms with van der Waals surface area (Å²) < 4.78 is 3.93. The molecule has 8 nitrogen and oxygen atoms in total. The van der Waals surface area contributed by atoms with Crippen LogP contribution in [0.2, 0.25) is 0 Å². The zero-order chi connectivity index (χ0) is 18.0. The Bertz CT molecular complexity index is 930. The number of amides is 1. The maximum Gasteiger partial charge on any atom is 0.339 e. The number of carbonyl (C=O) groups is 2. The van der Waals surface area contributed by atoms with Crippen molar-refractivity contribution in [2.75, 3.05) is 5.32 Å². The molecule has 0 aliphatic heterocycles. The molecule has 9 heteroatoms. The van der Waals surface area contributed by atoms with E-state index in [9.17, 15) is 9.59 Å². The summed E-state index contributed by atoms with van der Waals surface area (Å²) in [7, 11) is 1.52. The fourth-order valence-corrected chi connectivity index (χ4v) is 2.69. The first kappa shape index (κ1) is 16.9. The third-order valence-electron chi connectivity index (χ3n) is 3.54. The molecule has 2 N–H and O–H groups in total. The van der Waals surface area contributed by atoms with Crippen molar-refractivity contribution in [2.24, 2.45) is 7.05 Å². The number of anilines is 1. The summed E-state index contributed by atoms with van der Waals surface area (Å²) in [6.45, 7) is 0.602. The second-order valence-electron chi connectivity index (χ2n) is 5.34. The van der Waals surface area contributed by atoms with Gasteiger partial charge in [-0.1, -0.05) is 12.1 Å². The van der Waals surface area contributed by atoms with E-state index in [-0.39, 0.29) is 11.3 Å². The van der Waals surface area contributed by atoms with Gasteiger partial charge in [-0.2, -0.15) is 10.2 Å². The van der Waals surface area contributed by atoms with Crippen LogP contribution in [0, 0.1) is 0 Å². The van der Waals surface area contributed by atoms with Crippen LogP contribution >= 0.6 is 15.9 Å². The minimum Gasteiger partial charge on any atom is -0.478 e. The molecule has 0 atom stereocenters. The molecular weight excluding hydrogens is 390 g/mol. The van der Waals surface area contributed by atoms with Crippen LogP contribution in [0.15, 0.2) is 47.3 Å². The Morgan fingerprint density at radius 1 is 1.20 bits per heavy atom. The van der Waals surface area contributed by atoms with Gasteiger partial charge in [0.25, 0.3) is 5.91 Å². The zero-order valence-electron chi connectivity index (χ0n) is 13.2. The van der Waals surface area contributed by atoms with Crippen molar-refractivity contribution in [1.29, 1.82) is 0 Å². The molecule has 1 amide bonds. The molecule has 0 spiro atoms. The van der Waals surface area contributed by atoms with Crippen LogP contribution in [0.5, 0.6) is 0 Å². The van der Waals surface area contributed by atoms with Crippen LogP contribution in [0.1, 0.15) is 26.4 Å². The molecule has 0 unspecified atom stereocenters. The van der Waals surface area contributed by atoms with Crippen LogP contribution in [-0.2, 0) is 13.6 Å². The number of rotatable bonds is 5. The highest BCUT2D eigenvalue weighted by Gasteiger charge is 2.21. The van der Waals surface area contributed by atoms with E-state index in [0.717, 1.165) is 16.2 Å². The molecular formula is C16H14BrN5O3. The summed E-state index contributed by atoms with van der Waals surface area (Å²) in [6.07, 6.45) is 4.73. The van der Waals surface area contributed by atoms with Gasteiger partial charge in [0.2, 0.25) is 0 Å². The zero-order valence-corrected chi connectivity index (χ0v) is 14.8. The van der Waals surface area contributed by atoms with E-state index in [1.165, 1.54) is 11.7 Å². The fourth-order valence-electron chi connectivity index (χ4n) is 2.36. The molecule has 2 heterocycles. The van der Waals surface area contributed by atoms with Crippen molar-refractivity contribution in [3.05, 3.63) is 64.1 Å². The Kier molecular flexibility index (Phi) is 4.66. The Morgan fingerprint density at radius 3 is 2.52 bits per heavy atom. The van der Waals surface area contributed by atoms with Crippen LogP contribution < -0.4 is 5.32 Å². The number of aromatic carboxylic acids is 1. The number of benzene rings is 1. The monoisotopic (exact) mass is 403 g/mol. The van der Waals surface area contributed by atoms with E-state index in [0.29, 0.717) is 12.2 Å². The van der Waals surface area contributed by atoms with Crippen molar-refractivity contribution < 1.29 is 14.7 Å². The van der Waals surface area contributed by atoms with Gasteiger partial charge in [-0.3, -0.25) is 14.2 Å². The lowest BCUT2D eigenvalue weighted by Crippen LogP contribution is -2.19. The molecule has 0 bridgehead atoms. The molecule has 0 radical (unpaired) electrons. The van der Waals surface area contributed by atoms with Crippen molar-refractivity contribution in [3.8, 4) is 0 Å². The van der Waals surface area contributed by atoms with Crippen LogP contribution in [0.25, 0.3) is 0 Å². The quantitative estimate of drug-likeness (QED) is 0.680. The number of hydrogen-bond donors (Lipinski definition) is 2. The molecule has 0 aliphatic rings. The number of carboxylic acid groups (broad SMARTS) is 1. The van der Waals surface area contributed by atoms with Gasteiger partial charge in [-0.15, -0.1) is 0 Å². The minimum atomic E-state index is -1.20. The smallest absolute Gasteiger partial charge is 0.339 e. The average molecular weight is 404 g/mol. The lowest BCUT2D eigenvalue weighted by molar-refractivity contribution is 0.0692. The van der Waals surface area contributed by atoms with Crippen molar-refractivity contribution in [1.82, 2.24) is 19.6 Å². The van der Waals surface area contributed by atoms with Gasteiger partial charge in [0.05, 0.1) is 23.4 Å². The third-order valence-corrected chi connectivity index (χ3v) is 3.95. The largest absolute Gasteiger partial charge is 0.478 e. The van der Waals surface area contributed by atoms with Crippen LogP contribution in [0.3, 0.4) is 0 Å². The second-order valence-corrected chi connectivity index (χ2v) is 6.26. The van der Waals surface area contributed by atoms with Crippen LogP contribution in [0.4, 0.5) is 5.69 Å². The number of halogens is 1. The molecule has 0 saturated carbocycles. The van der Waals surface area contributed by atoms with Gasteiger partial charge in [0, 0.05) is 18.9 Å². The van der Waals surface area contributed by atoms with Gasteiger partial charge in [-0.25, -0.2) is 4.79 Å². The molecule has 25 heavy (non-hydrogen) atoms. The normalized spacial score (nSPS) is 10.6. The number of carboxylic acids is 1. The average Bonchev–Trinajstić information content (AvgIpc) is 3.15. The summed E-state index contributed by atoms with van der Waals surface area (Å²) in [5.41, 5.74) is 1.44. The Morgan fingerprint density at radius 2 is 1.92 bits per heavy atom. The standard InChI is InChI=1S/C16H14BrN5O3/c1-21-14(13(7-18-21)16(24)25)15(23)20-12-4-2-10(3-5-12)8-22-9-11(17)6-19-22/h2-7,9H,8H2,1H3,(H,20,23)(H,24,25). The first-order chi connectivity index (χ1) is 11.9. The van der Waals surface area contributed by atoms with Crippen LogP contribution in [-0.4, -0.2) is 36.5 Å². The Labute approximate surface area is 151 Å². The third kappa shape index (κ3) is 3.77. The number of nitrogens with one attached hydrogen (secondary N) is 1. The topological polar surface area (TPSA) is 102 Å². The summed E-state index contributed by atoms with van der Waals surface area (Å²) in [4.78, 5) is 23.5. The fraction of sp³-hybridized carbons (Fsp3) is 0.125. The van der Waals surface area contributed by atoms with E-state index in [1.807, 2.05) is 18.3 Å². The highest BCUT2D eigenvalue weighted by molar-refractivity contribution is 9.10. The molecule has 1 aromatic carbocycles. The summed E-state index contributed by atoms with van der Waals surface area (Å²) >= 11 is 3.35. The predicted molar refractivity (Wildman–Crippen MR) is 93.6 cm³/mol. The van der Waals surface area contributed by atoms with Gasteiger partial charge < -0.3 is 10.4 Å².